The van der Waals surface area contributed by atoms with Crippen molar-refractivity contribution in [1.82, 2.24) is 9.38 Å². The first-order chi connectivity index (χ1) is 5.83. The number of pyridine rings is 1. The van der Waals surface area contributed by atoms with Crippen LogP contribution in [-0.2, 0) is 6.54 Å². The number of halogens is 1. The lowest BCUT2D eigenvalue weighted by atomic mass is 10.3. The SMILES string of the molecule is NCc1nc(Cl)n2ccccc12. The van der Waals surface area contributed by atoms with Gasteiger partial charge in [-0.3, -0.25) is 4.40 Å². The van der Waals surface area contributed by atoms with Crippen molar-refractivity contribution in [3.63, 3.8) is 0 Å². The number of hydrogen-bond acceptors (Lipinski definition) is 2. The Morgan fingerprint density at radius 1 is 1.50 bits per heavy atom. The molecule has 0 unspecified atom stereocenters. The van der Waals surface area contributed by atoms with Gasteiger partial charge in [0.25, 0.3) is 0 Å². The first-order valence-electron chi connectivity index (χ1n) is 3.64. The van der Waals surface area contributed by atoms with Crippen LogP contribution in [0.25, 0.3) is 5.52 Å². The summed E-state index contributed by atoms with van der Waals surface area (Å²) in [5, 5.41) is 0.464. The number of nitrogens with two attached hydrogens (primary N) is 1. The van der Waals surface area contributed by atoms with Crippen molar-refractivity contribution in [2.24, 2.45) is 5.73 Å². The summed E-state index contributed by atoms with van der Waals surface area (Å²) < 4.78 is 1.81. The van der Waals surface area contributed by atoms with E-state index in [9.17, 15) is 0 Å². The van der Waals surface area contributed by atoms with Crippen LogP contribution in [0.1, 0.15) is 5.69 Å². The second-order valence-electron chi connectivity index (χ2n) is 2.49. The molecule has 0 aliphatic heterocycles. The van der Waals surface area contributed by atoms with E-state index in [-0.39, 0.29) is 0 Å². The first-order valence-corrected chi connectivity index (χ1v) is 4.02. The molecule has 0 saturated carbocycles. The maximum absolute atomic E-state index is 5.85. The minimum atomic E-state index is 0.417. The second kappa shape index (κ2) is 2.77. The molecule has 2 rings (SSSR count). The molecule has 3 nitrogen and oxygen atoms in total. The molecule has 2 N–H and O–H groups in total. The van der Waals surface area contributed by atoms with E-state index in [0.29, 0.717) is 11.8 Å². The minimum Gasteiger partial charge on any atom is -0.325 e. The standard InChI is InChI=1S/C8H8ClN3/c9-8-11-6(5-10)7-3-1-2-4-12(7)8/h1-4H,5,10H2. The zero-order valence-electron chi connectivity index (χ0n) is 6.37. The summed E-state index contributed by atoms with van der Waals surface area (Å²) in [7, 11) is 0. The Balaban J connectivity index is 2.82. The molecule has 12 heavy (non-hydrogen) atoms. The van der Waals surface area contributed by atoms with Crippen LogP contribution in [0, 0.1) is 0 Å². The quantitative estimate of drug-likeness (QED) is 0.724. The number of fused-ring (bicyclic) bond motifs is 1. The molecule has 0 aliphatic rings. The summed E-state index contributed by atoms with van der Waals surface area (Å²) in [5.41, 5.74) is 7.31. The fraction of sp³-hybridized carbons (Fsp3) is 0.125. The van der Waals surface area contributed by atoms with Gasteiger partial charge >= 0.3 is 0 Å². The summed E-state index contributed by atoms with van der Waals surface area (Å²) in [4.78, 5) is 4.11. The molecule has 0 atom stereocenters. The van der Waals surface area contributed by atoms with Crippen LogP contribution in [0.5, 0.6) is 0 Å². The highest BCUT2D eigenvalue weighted by Crippen LogP contribution is 2.15. The average molecular weight is 182 g/mol. The van der Waals surface area contributed by atoms with E-state index in [2.05, 4.69) is 4.98 Å². The van der Waals surface area contributed by atoms with Gasteiger partial charge in [0.05, 0.1) is 11.2 Å². The fourth-order valence-electron chi connectivity index (χ4n) is 1.21. The third-order valence-corrected chi connectivity index (χ3v) is 2.04. The van der Waals surface area contributed by atoms with Gasteiger partial charge in [0.15, 0.2) is 0 Å². The van der Waals surface area contributed by atoms with Gasteiger partial charge in [-0.15, -0.1) is 0 Å². The topological polar surface area (TPSA) is 43.3 Å². The van der Waals surface area contributed by atoms with Gasteiger partial charge in [0.2, 0.25) is 5.28 Å². The summed E-state index contributed by atoms with van der Waals surface area (Å²) in [5.74, 6) is 0. The van der Waals surface area contributed by atoms with Crippen LogP contribution < -0.4 is 5.73 Å². The van der Waals surface area contributed by atoms with Gasteiger partial charge in [0.1, 0.15) is 0 Å². The molecule has 0 bridgehead atoms. The Bertz CT molecular complexity index is 408. The van der Waals surface area contributed by atoms with E-state index in [1.165, 1.54) is 0 Å². The Kier molecular flexibility index (Phi) is 1.75. The van der Waals surface area contributed by atoms with Gasteiger partial charge in [-0.25, -0.2) is 4.98 Å². The molecular weight excluding hydrogens is 174 g/mol. The predicted molar refractivity (Wildman–Crippen MR) is 48.1 cm³/mol. The Morgan fingerprint density at radius 3 is 3.08 bits per heavy atom. The molecule has 62 valence electrons. The summed E-state index contributed by atoms with van der Waals surface area (Å²) in [6.45, 7) is 0.417. The smallest absolute Gasteiger partial charge is 0.207 e. The van der Waals surface area contributed by atoms with Crippen molar-refractivity contribution >= 4 is 17.1 Å². The molecule has 4 heteroatoms. The second-order valence-corrected chi connectivity index (χ2v) is 2.83. The van der Waals surface area contributed by atoms with Crippen molar-refractivity contribution in [2.45, 2.75) is 6.54 Å². The lowest BCUT2D eigenvalue weighted by Gasteiger charge is -1.93. The maximum Gasteiger partial charge on any atom is 0.207 e. The molecule has 2 aromatic rings. The van der Waals surface area contributed by atoms with E-state index in [0.717, 1.165) is 11.2 Å². The van der Waals surface area contributed by atoms with Gasteiger partial charge in [0, 0.05) is 12.7 Å². The predicted octanol–water partition coefficient (Wildman–Crippen LogP) is 1.45. The fourth-order valence-corrected chi connectivity index (χ4v) is 1.46. The number of nitrogens with zero attached hydrogens (tertiary/aromatic N) is 2. The zero-order chi connectivity index (χ0) is 8.55. The van der Waals surface area contributed by atoms with E-state index in [4.69, 9.17) is 17.3 Å². The highest BCUT2D eigenvalue weighted by molar-refractivity contribution is 6.28. The Hall–Kier alpha value is -1.06. The van der Waals surface area contributed by atoms with Crippen molar-refractivity contribution in [1.29, 1.82) is 0 Å². The highest BCUT2D eigenvalue weighted by Gasteiger charge is 2.05. The molecule has 0 saturated heterocycles. The highest BCUT2D eigenvalue weighted by atomic mass is 35.5. The molecule has 0 fully saturated rings. The van der Waals surface area contributed by atoms with Crippen molar-refractivity contribution in [3.05, 3.63) is 35.4 Å². The molecule has 0 aromatic carbocycles. The van der Waals surface area contributed by atoms with Gasteiger partial charge in [-0.2, -0.15) is 0 Å². The van der Waals surface area contributed by atoms with Gasteiger partial charge < -0.3 is 5.73 Å². The summed E-state index contributed by atoms with van der Waals surface area (Å²) in [6, 6.07) is 5.79. The normalized spacial score (nSPS) is 10.8. The van der Waals surface area contributed by atoms with Gasteiger partial charge in [-0.1, -0.05) is 6.07 Å². The number of hydrogen-bond donors (Lipinski definition) is 1. The summed E-state index contributed by atoms with van der Waals surface area (Å²) >= 11 is 5.85. The lowest BCUT2D eigenvalue weighted by molar-refractivity contribution is 1.02. The lowest BCUT2D eigenvalue weighted by Crippen LogP contribution is -1.96. The molecule has 2 heterocycles. The molecule has 0 radical (unpaired) electrons. The van der Waals surface area contributed by atoms with Crippen LogP contribution in [0.15, 0.2) is 24.4 Å². The zero-order valence-corrected chi connectivity index (χ0v) is 7.12. The van der Waals surface area contributed by atoms with E-state index < -0.39 is 0 Å². The number of rotatable bonds is 1. The van der Waals surface area contributed by atoms with E-state index in [1.807, 2.05) is 28.8 Å². The monoisotopic (exact) mass is 181 g/mol. The third-order valence-electron chi connectivity index (χ3n) is 1.77. The van der Waals surface area contributed by atoms with Crippen LogP contribution in [0.4, 0.5) is 0 Å². The van der Waals surface area contributed by atoms with Crippen LogP contribution >= 0.6 is 11.6 Å². The van der Waals surface area contributed by atoms with Crippen molar-refractivity contribution < 1.29 is 0 Å². The largest absolute Gasteiger partial charge is 0.325 e. The number of imidazole rings is 1. The van der Waals surface area contributed by atoms with Crippen molar-refractivity contribution in [2.75, 3.05) is 0 Å². The Labute approximate surface area is 74.8 Å². The van der Waals surface area contributed by atoms with Crippen LogP contribution in [0.2, 0.25) is 5.28 Å². The maximum atomic E-state index is 5.85. The minimum absolute atomic E-state index is 0.417. The third kappa shape index (κ3) is 0.983. The molecule has 0 amide bonds. The average Bonchev–Trinajstić information content (AvgIpc) is 2.44. The Morgan fingerprint density at radius 2 is 2.33 bits per heavy atom. The van der Waals surface area contributed by atoms with E-state index in [1.54, 1.807) is 0 Å². The van der Waals surface area contributed by atoms with E-state index >= 15 is 0 Å². The van der Waals surface area contributed by atoms with Crippen LogP contribution in [-0.4, -0.2) is 9.38 Å². The van der Waals surface area contributed by atoms with Crippen LogP contribution in [0.3, 0.4) is 0 Å². The summed E-state index contributed by atoms with van der Waals surface area (Å²) in [6.07, 6.45) is 1.86. The molecular formula is C8H8ClN3. The number of aromatic nitrogens is 2. The first kappa shape index (κ1) is 7.58. The van der Waals surface area contributed by atoms with Crippen molar-refractivity contribution in [3.8, 4) is 0 Å². The molecule has 0 spiro atoms. The molecule has 2 aromatic heterocycles. The van der Waals surface area contributed by atoms with Gasteiger partial charge in [-0.05, 0) is 23.7 Å². The molecule has 0 aliphatic carbocycles.